The van der Waals surface area contributed by atoms with Gasteiger partial charge in [-0.05, 0) is 54.9 Å². The van der Waals surface area contributed by atoms with E-state index in [0.29, 0.717) is 11.6 Å². The standard InChI is InChI=1S/C16H24ClNO2.ClH/c1-3-14(18)8-13-6-12(7-15(17)16(13)19-2)10-20-9-11-4-5-11;/h6-7,11,14H,3-5,8-10,18H2,1-2H3;1H. The van der Waals surface area contributed by atoms with E-state index in [4.69, 9.17) is 26.8 Å². The van der Waals surface area contributed by atoms with E-state index >= 15 is 0 Å². The number of nitrogens with two attached hydrogens (primary N) is 1. The Morgan fingerprint density at radius 3 is 2.67 bits per heavy atom. The number of methoxy groups -OCH3 is 1. The quantitative estimate of drug-likeness (QED) is 0.782. The van der Waals surface area contributed by atoms with E-state index in [2.05, 4.69) is 13.0 Å². The van der Waals surface area contributed by atoms with Crippen LogP contribution in [0.15, 0.2) is 12.1 Å². The van der Waals surface area contributed by atoms with Gasteiger partial charge in [0, 0.05) is 12.6 Å². The van der Waals surface area contributed by atoms with E-state index in [-0.39, 0.29) is 18.4 Å². The molecule has 1 atom stereocenters. The van der Waals surface area contributed by atoms with Crippen molar-refractivity contribution in [3.63, 3.8) is 0 Å². The SMILES string of the molecule is CCC(N)Cc1cc(COCC2CC2)cc(Cl)c1OC.Cl. The van der Waals surface area contributed by atoms with Crippen LogP contribution in [0.2, 0.25) is 5.02 Å². The highest BCUT2D eigenvalue weighted by Crippen LogP contribution is 2.32. The van der Waals surface area contributed by atoms with Crippen molar-refractivity contribution < 1.29 is 9.47 Å². The molecule has 21 heavy (non-hydrogen) atoms. The molecule has 1 aromatic carbocycles. The molecule has 3 nitrogen and oxygen atoms in total. The van der Waals surface area contributed by atoms with Gasteiger partial charge >= 0.3 is 0 Å². The fourth-order valence-corrected chi connectivity index (χ4v) is 2.57. The number of ether oxygens (including phenoxy) is 2. The maximum atomic E-state index is 6.29. The fourth-order valence-electron chi connectivity index (χ4n) is 2.23. The lowest BCUT2D eigenvalue weighted by Crippen LogP contribution is -2.21. The molecule has 1 aliphatic carbocycles. The number of halogens is 2. The molecular formula is C16H25Cl2NO2. The predicted molar refractivity (Wildman–Crippen MR) is 89.6 cm³/mol. The second kappa shape index (κ2) is 8.84. The Hall–Kier alpha value is -0.480. The minimum atomic E-state index is 0. The minimum Gasteiger partial charge on any atom is -0.495 e. The number of hydrogen-bond acceptors (Lipinski definition) is 3. The minimum absolute atomic E-state index is 0. The van der Waals surface area contributed by atoms with Crippen LogP contribution in [0.25, 0.3) is 0 Å². The Morgan fingerprint density at radius 1 is 1.38 bits per heavy atom. The van der Waals surface area contributed by atoms with Crippen LogP contribution in [0.1, 0.15) is 37.3 Å². The second-order valence-corrected chi connectivity index (χ2v) is 6.01. The number of rotatable bonds is 8. The molecule has 1 aromatic rings. The molecule has 0 bridgehead atoms. The molecule has 1 unspecified atom stereocenters. The summed E-state index contributed by atoms with van der Waals surface area (Å²) in [6.45, 7) is 3.55. The van der Waals surface area contributed by atoms with Crippen molar-refractivity contribution in [1.29, 1.82) is 0 Å². The molecule has 0 spiro atoms. The first-order chi connectivity index (χ1) is 9.63. The summed E-state index contributed by atoms with van der Waals surface area (Å²) >= 11 is 6.29. The van der Waals surface area contributed by atoms with Gasteiger partial charge in [-0.3, -0.25) is 0 Å². The summed E-state index contributed by atoms with van der Waals surface area (Å²) in [7, 11) is 1.64. The molecule has 1 saturated carbocycles. The normalized spacial score (nSPS) is 15.4. The van der Waals surface area contributed by atoms with Gasteiger partial charge in [0.1, 0.15) is 5.75 Å². The van der Waals surface area contributed by atoms with Gasteiger partial charge in [-0.25, -0.2) is 0 Å². The molecule has 1 aliphatic rings. The molecule has 5 heteroatoms. The molecule has 0 heterocycles. The number of hydrogen-bond donors (Lipinski definition) is 1. The summed E-state index contributed by atoms with van der Waals surface area (Å²) < 4.78 is 11.1. The number of benzene rings is 1. The Labute approximate surface area is 138 Å². The van der Waals surface area contributed by atoms with Crippen molar-refractivity contribution in [2.75, 3.05) is 13.7 Å². The lowest BCUT2D eigenvalue weighted by molar-refractivity contribution is 0.111. The smallest absolute Gasteiger partial charge is 0.140 e. The highest BCUT2D eigenvalue weighted by Gasteiger charge is 2.21. The second-order valence-electron chi connectivity index (χ2n) is 5.60. The van der Waals surface area contributed by atoms with Crippen molar-refractivity contribution in [3.05, 3.63) is 28.3 Å². The Kier molecular flexibility index (Phi) is 7.82. The van der Waals surface area contributed by atoms with Crippen molar-refractivity contribution in [1.82, 2.24) is 0 Å². The van der Waals surface area contributed by atoms with Crippen molar-refractivity contribution >= 4 is 24.0 Å². The molecule has 120 valence electrons. The van der Waals surface area contributed by atoms with Gasteiger partial charge in [0.05, 0.1) is 18.7 Å². The van der Waals surface area contributed by atoms with Crippen LogP contribution in [0.4, 0.5) is 0 Å². The van der Waals surface area contributed by atoms with Gasteiger partial charge < -0.3 is 15.2 Å². The van der Waals surface area contributed by atoms with Gasteiger partial charge in [0.2, 0.25) is 0 Å². The molecule has 1 fully saturated rings. The van der Waals surface area contributed by atoms with Crippen LogP contribution in [-0.4, -0.2) is 19.8 Å². The van der Waals surface area contributed by atoms with Gasteiger partial charge in [-0.15, -0.1) is 12.4 Å². The lowest BCUT2D eigenvalue weighted by Gasteiger charge is -2.16. The monoisotopic (exact) mass is 333 g/mol. The molecule has 0 radical (unpaired) electrons. The maximum absolute atomic E-state index is 6.29. The topological polar surface area (TPSA) is 44.5 Å². The van der Waals surface area contributed by atoms with Crippen LogP contribution < -0.4 is 10.5 Å². The van der Waals surface area contributed by atoms with Crippen LogP contribution in [0, 0.1) is 5.92 Å². The zero-order valence-corrected chi connectivity index (χ0v) is 14.3. The molecule has 0 amide bonds. The summed E-state index contributed by atoms with van der Waals surface area (Å²) in [5.74, 6) is 1.51. The van der Waals surface area contributed by atoms with E-state index in [1.54, 1.807) is 7.11 Å². The molecule has 2 N–H and O–H groups in total. The molecular weight excluding hydrogens is 309 g/mol. The Morgan fingerprint density at radius 2 is 2.10 bits per heavy atom. The summed E-state index contributed by atoms with van der Waals surface area (Å²) in [6, 6.07) is 4.16. The maximum Gasteiger partial charge on any atom is 0.140 e. The van der Waals surface area contributed by atoms with Gasteiger partial charge in [-0.1, -0.05) is 18.5 Å². The highest BCUT2D eigenvalue weighted by atomic mass is 35.5. The van der Waals surface area contributed by atoms with E-state index in [9.17, 15) is 0 Å². The average molecular weight is 334 g/mol. The van der Waals surface area contributed by atoms with Crippen molar-refractivity contribution in [2.24, 2.45) is 11.7 Å². The van der Waals surface area contributed by atoms with Crippen molar-refractivity contribution in [2.45, 2.75) is 45.3 Å². The van der Waals surface area contributed by atoms with Gasteiger partial charge in [0.25, 0.3) is 0 Å². The third-order valence-corrected chi connectivity index (χ3v) is 3.99. The highest BCUT2D eigenvalue weighted by molar-refractivity contribution is 6.32. The zero-order valence-electron chi connectivity index (χ0n) is 12.7. The average Bonchev–Trinajstić information content (AvgIpc) is 3.22. The first kappa shape index (κ1) is 18.6. The first-order valence-electron chi connectivity index (χ1n) is 7.32. The zero-order chi connectivity index (χ0) is 14.5. The van der Waals surface area contributed by atoms with E-state index < -0.39 is 0 Å². The summed E-state index contributed by atoms with van der Waals surface area (Å²) in [5.41, 5.74) is 8.21. The van der Waals surface area contributed by atoms with Crippen molar-refractivity contribution in [3.8, 4) is 5.75 Å². The summed E-state index contributed by atoms with van der Waals surface area (Å²) in [5, 5.41) is 0.637. The molecule has 0 aromatic heterocycles. The van der Waals surface area contributed by atoms with E-state index in [0.717, 1.165) is 42.2 Å². The van der Waals surface area contributed by atoms with Gasteiger partial charge in [0.15, 0.2) is 0 Å². The summed E-state index contributed by atoms with van der Waals surface area (Å²) in [6.07, 6.45) is 4.32. The summed E-state index contributed by atoms with van der Waals surface area (Å²) in [4.78, 5) is 0. The van der Waals surface area contributed by atoms with Gasteiger partial charge in [-0.2, -0.15) is 0 Å². The fraction of sp³-hybridized carbons (Fsp3) is 0.625. The first-order valence-corrected chi connectivity index (χ1v) is 7.70. The molecule has 2 rings (SSSR count). The molecule has 0 aliphatic heterocycles. The Balaban J connectivity index is 0.00000220. The molecule has 0 saturated heterocycles. The largest absolute Gasteiger partial charge is 0.495 e. The van der Waals surface area contributed by atoms with Crippen LogP contribution in [0.3, 0.4) is 0 Å². The predicted octanol–water partition coefficient (Wildman–Crippen LogP) is 3.98. The Bertz CT molecular complexity index is 450. The van der Waals surface area contributed by atoms with Crippen LogP contribution in [0.5, 0.6) is 5.75 Å². The van der Waals surface area contributed by atoms with E-state index in [1.807, 2.05) is 6.07 Å². The third kappa shape index (κ3) is 5.67. The van der Waals surface area contributed by atoms with Crippen LogP contribution in [-0.2, 0) is 17.8 Å². The van der Waals surface area contributed by atoms with Crippen LogP contribution >= 0.6 is 24.0 Å². The van der Waals surface area contributed by atoms with E-state index in [1.165, 1.54) is 12.8 Å². The lowest BCUT2D eigenvalue weighted by atomic mass is 10.0. The third-order valence-electron chi connectivity index (χ3n) is 3.71.